The average Bonchev–Trinajstić information content (AvgIpc) is 3.10. The number of piperidine rings is 1. The van der Waals surface area contributed by atoms with Gasteiger partial charge < -0.3 is 19.5 Å². The molecular weight excluding hydrogens is 344 g/mol. The van der Waals surface area contributed by atoms with Crippen LogP contribution in [0.3, 0.4) is 0 Å². The smallest absolute Gasteiger partial charge is 0.275 e. The van der Waals surface area contributed by atoms with Crippen LogP contribution in [0.2, 0.25) is 0 Å². The van der Waals surface area contributed by atoms with Crippen LogP contribution in [0.5, 0.6) is 5.75 Å². The highest BCUT2D eigenvalue weighted by atomic mass is 19.1. The van der Waals surface area contributed by atoms with Crippen molar-refractivity contribution in [3.05, 3.63) is 47.4 Å². The van der Waals surface area contributed by atoms with E-state index in [-0.39, 0.29) is 24.0 Å². The molecule has 1 aliphatic heterocycles. The molecule has 1 atom stereocenters. The van der Waals surface area contributed by atoms with E-state index in [2.05, 4.69) is 10.5 Å². The molecule has 1 N–H and O–H groups in total. The van der Waals surface area contributed by atoms with Crippen LogP contribution in [0, 0.1) is 17.6 Å². The Kier molecular flexibility index (Phi) is 5.82. The van der Waals surface area contributed by atoms with Gasteiger partial charge in [0.2, 0.25) is 0 Å². The number of hydrogen-bond acceptors (Lipinski definition) is 5. The Balaban J connectivity index is 1.57. The summed E-state index contributed by atoms with van der Waals surface area (Å²) in [4.78, 5) is 14.0. The molecule has 0 spiro atoms. The molecule has 0 aliphatic carbocycles. The van der Waals surface area contributed by atoms with Gasteiger partial charge in [-0.05, 0) is 44.0 Å². The van der Waals surface area contributed by atoms with Crippen molar-refractivity contribution in [2.45, 2.75) is 19.4 Å². The summed E-state index contributed by atoms with van der Waals surface area (Å²) in [5.74, 6) is -1.73. The summed E-state index contributed by atoms with van der Waals surface area (Å²) < 4.78 is 37.2. The first-order valence-corrected chi connectivity index (χ1v) is 8.53. The number of amides is 1. The lowest BCUT2D eigenvalue weighted by Gasteiger charge is -2.27. The number of carbonyl (C=O) groups is 1. The lowest BCUT2D eigenvalue weighted by atomic mass is 9.99. The molecule has 8 heteroatoms. The third kappa shape index (κ3) is 4.37. The number of ether oxygens (including phenoxy) is 1. The van der Waals surface area contributed by atoms with Crippen LogP contribution in [-0.2, 0) is 6.61 Å². The number of carbonyl (C=O) groups excluding carboxylic acids is 1. The van der Waals surface area contributed by atoms with Crippen molar-refractivity contribution >= 4 is 5.91 Å². The van der Waals surface area contributed by atoms with Crippen molar-refractivity contribution in [1.29, 1.82) is 0 Å². The minimum atomic E-state index is -0.804. The van der Waals surface area contributed by atoms with Gasteiger partial charge in [-0.15, -0.1) is 0 Å². The third-order valence-corrected chi connectivity index (χ3v) is 4.33. The first-order valence-electron chi connectivity index (χ1n) is 8.53. The summed E-state index contributed by atoms with van der Waals surface area (Å²) in [6.07, 6.45) is 2.18. The first kappa shape index (κ1) is 18.3. The molecule has 1 aromatic heterocycles. The highest BCUT2D eigenvalue weighted by Crippen LogP contribution is 2.22. The number of nitrogens with zero attached hydrogens (tertiary/aromatic N) is 2. The minimum absolute atomic E-state index is 0.142. The summed E-state index contributed by atoms with van der Waals surface area (Å²) in [5.41, 5.74) is 0.142. The predicted molar refractivity (Wildman–Crippen MR) is 89.7 cm³/mol. The maximum atomic E-state index is 13.5. The molecule has 1 saturated heterocycles. The van der Waals surface area contributed by atoms with Crippen LogP contribution >= 0.6 is 0 Å². The lowest BCUT2D eigenvalue weighted by Crippen LogP contribution is -2.39. The van der Waals surface area contributed by atoms with E-state index >= 15 is 0 Å². The SMILES string of the molecule is CN(C[C@H]1CCCNC1)C(=O)c1cc(COc2c(F)cccc2F)on1. The second kappa shape index (κ2) is 8.27. The standard InChI is InChI=1S/C18H21F2N3O3/c1-23(10-12-4-3-7-21-9-12)18(24)16-8-13(26-22-16)11-25-17-14(19)5-2-6-15(17)20/h2,5-6,8,12,21H,3-4,7,9-11H2,1H3/t12-/m0/s1. The fraction of sp³-hybridized carbons (Fsp3) is 0.444. The largest absolute Gasteiger partial charge is 0.479 e. The molecule has 1 aliphatic rings. The molecule has 0 saturated carbocycles. The average molecular weight is 365 g/mol. The Morgan fingerprint density at radius 3 is 2.88 bits per heavy atom. The monoisotopic (exact) mass is 365 g/mol. The zero-order chi connectivity index (χ0) is 18.5. The molecule has 1 fully saturated rings. The molecule has 2 aromatic rings. The summed E-state index contributed by atoms with van der Waals surface area (Å²) in [6.45, 7) is 2.31. The maximum Gasteiger partial charge on any atom is 0.275 e. The van der Waals surface area contributed by atoms with Crippen LogP contribution in [0.4, 0.5) is 8.78 Å². The molecule has 2 heterocycles. The number of benzene rings is 1. The van der Waals surface area contributed by atoms with E-state index in [1.54, 1.807) is 11.9 Å². The normalized spacial score (nSPS) is 17.1. The van der Waals surface area contributed by atoms with Crippen LogP contribution in [0.15, 0.2) is 28.8 Å². The Hall–Kier alpha value is -2.48. The van der Waals surface area contributed by atoms with Crippen molar-refractivity contribution in [2.75, 3.05) is 26.7 Å². The maximum absolute atomic E-state index is 13.5. The quantitative estimate of drug-likeness (QED) is 0.852. The lowest BCUT2D eigenvalue weighted by molar-refractivity contribution is 0.0754. The Morgan fingerprint density at radius 1 is 1.42 bits per heavy atom. The number of hydrogen-bond donors (Lipinski definition) is 1. The molecule has 0 bridgehead atoms. The second-order valence-corrected chi connectivity index (χ2v) is 6.42. The Morgan fingerprint density at radius 2 is 2.19 bits per heavy atom. The van der Waals surface area contributed by atoms with Crippen molar-refractivity contribution < 1.29 is 22.8 Å². The molecule has 140 valence electrons. The molecule has 3 rings (SSSR count). The number of nitrogens with one attached hydrogen (secondary N) is 1. The van der Waals surface area contributed by atoms with Gasteiger partial charge in [-0.25, -0.2) is 8.78 Å². The summed E-state index contributed by atoms with van der Waals surface area (Å²) >= 11 is 0. The molecular formula is C18H21F2N3O3. The molecule has 1 aromatic carbocycles. The van der Waals surface area contributed by atoms with E-state index in [0.29, 0.717) is 12.5 Å². The van der Waals surface area contributed by atoms with E-state index in [1.165, 1.54) is 12.1 Å². The van der Waals surface area contributed by atoms with Crippen LogP contribution in [0.1, 0.15) is 29.1 Å². The summed E-state index contributed by atoms with van der Waals surface area (Å²) in [5, 5.41) is 7.05. The minimum Gasteiger partial charge on any atom is -0.479 e. The zero-order valence-corrected chi connectivity index (χ0v) is 14.5. The highest BCUT2D eigenvalue weighted by Gasteiger charge is 2.22. The van der Waals surface area contributed by atoms with E-state index in [9.17, 15) is 13.6 Å². The number of para-hydroxylation sites is 1. The van der Waals surface area contributed by atoms with Crippen molar-refractivity contribution in [1.82, 2.24) is 15.4 Å². The predicted octanol–water partition coefficient (Wildman–Crippen LogP) is 2.60. The Bertz CT molecular complexity index is 740. The molecule has 0 radical (unpaired) electrons. The molecule has 0 unspecified atom stereocenters. The summed E-state index contributed by atoms with van der Waals surface area (Å²) in [7, 11) is 1.72. The number of aromatic nitrogens is 1. The van der Waals surface area contributed by atoms with Crippen LogP contribution < -0.4 is 10.1 Å². The molecule has 6 nitrogen and oxygen atoms in total. The van der Waals surface area contributed by atoms with Gasteiger partial charge in [-0.2, -0.15) is 0 Å². The van der Waals surface area contributed by atoms with E-state index in [4.69, 9.17) is 9.26 Å². The van der Waals surface area contributed by atoms with Gasteiger partial charge in [0.25, 0.3) is 5.91 Å². The van der Waals surface area contributed by atoms with Gasteiger partial charge in [-0.3, -0.25) is 4.79 Å². The fourth-order valence-corrected chi connectivity index (χ4v) is 2.99. The van der Waals surface area contributed by atoms with Gasteiger partial charge >= 0.3 is 0 Å². The molecule has 26 heavy (non-hydrogen) atoms. The van der Waals surface area contributed by atoms with Gasteiger partial charge in [0.1, 0.15) is 6.61 Å². The van der Waals surface area contributed by atoms with Crippen molar-refractivity contribution in [2.24, 2.45) is 5.92 Å². The van der Waals surface area contributed by atoms with Gasteiger partial charge in [-0.1, -0.05) is 11.2 Å². The third-order valence-electron chi connectivity index (χ3n) is 4.33. The number of halogens is 2. The Labute approximate surface area is 150 Å². The van der Waals surface area contributed by atoms with Crippen LogP contribution in [0.25, 0.3) is 0 Å². The molecule has 1 amide bonds. The van der Waals surface area contributed by atoms with Crippen molar-refractivity contribution in [3.63, 3.8) is 0 Å². The zero-order valence-electron chi connectivity index (χ0n) is 14.5. The summed E-state index contributed by atoms with van der Waals surface area (Å²) in [6, 6.07) is 4.88. The van der Waals surface area contributed by atoms with Crippen molar-refractivity contribution in [3.8, 4) is 5.75 Å². The van der Waals surface area contributed by atoms with Gasteiger partial charge in [0.05, 0.1) is 0 Å². The second-order valence-electron chi connectivity index (χ2n) is 6.42. The fourth-order valence-electron chi connectivity index (χ4n) is 2.99. The van der Waals surface area contributed by atoms with Gasteiger partial charge in [0, 0.05) is 19.7 Å². The number of rotatable bonds is 6. The highest BCUT2D eigenvalue weighted by molar-refractivity contribution is 5.92. The van der Waals surface area contributed by atoms with Crippen LogP contribution in [-0.4, -0.2) is 42.6 Å². The topological polar surface area (TPSA) is 67.6 Å². The first-order chi connectivity index (χ1) is 12.5. The van der Waals surface area contributed by atoms with E-state index in [1.807, 2.05) is 0 Å². The van der Waals surface area contributed by atoms with E-state index in [0.717, 1.165) is 38.1 Å². The van der Waals surface area contributed by atoms with E-state index < -0.39 is 17.4 Å². The van der Waals surface area contributed by atoms with Gasteiger partial charge in [0.15, 0.2) is 28.8 Å².